The molecular formula is C63H88N2O10. The normalized spacial score (nSPS) is 30.8. The van der Waals surface area contributed by atoms with Gasteiger partial charge in [-0.15, -0.1) is 0 Å². The fraction of sp³-hybridized carbons (Fsp3) is 0.603. The third-order valence-electron chi connectivity index (χ3n) is 17.5. The first-order chi connectivity index (χ1) is 35.8. The number of hydrogen-bond acceptors (Lipinski definition) is 11. The van der Waals surface area contributed by atoms with Crippen LogP contribution in [0.15, 0.2) is 90.0 Å². The summed E-state index contributed by atoms with van der Waals surface area (Å²) in [5, 5.41) is 114. The van der Waals surface area contributed by atoms with E-state index in [0.29, 0.717) is 43.6 Å². The van der Waals surface area contributed by atoms with Crippen LogP contribution >= 0.6 is 0 Å². The van der Waals surface area contributed by atoms with Crippen molar-refractivity contribution in [3.8, 4) is 17.6 Å². The van der Waals surface area contributed by atoms with Gasteiger partial charge >= 0.3 is 5.97 Å². The molecule has 6 bridgehead atoms. The molecule has 410 valence electrons. The van der Waals surface area contributed by atoms with Crippen LogP contribution in [0.25, 0.3) is 0 Å². The summed E-state index contributed by atoms with van der Waals surface area (Å²) in [6.07, 6.45) is 5.26. The highest BCUT2D eigenvalue weighted by atomic mass is 16.4. The molecule has 1 aliphatic carbocycles. The molecular weight excluding hydrogens is 945 g/mol. The molecule has 12 heteroatoms. The van der Waals surface area contributed by atoms with E-state index in [9.17, 15) is 50.8 Å². The molecule has 75 heavy (non-hydrogen) atoms. The van der Waals surface area contributed by atoms with Crippen LogP contribution < -0.4 is 10.6 Å². The Bertz CT molecular complexity index is 2480. The van der Waals surface area contributed by atoms with Gasteiger partial charge in [0.1, 0.15) is 5.75 Å². The van der Waals surface area contributed by atoms with Gasteiger partial charge in [0.15, 0.2) is 0 Å². The lowest BCUT2D eigenvalue weighted by molar-refractivity contribution is -0.139. The summed E-state index contributed by atoms with van der Waals surface area (Å²) >= 11 is 0. The molecule has 1 fully saturated rings. The summed E-state index contributed by atoms with van der Waals surface area (Å²) in [4.78, 5) is 12.8. The molecule has 3 aromatic carbocycles. The first kappa shape index (κ1) is 58.3. The number of aliphatic carboxylic acids is 1. The molecule has 0 unspecified atom stereocenters. The number of carboxylic acids is 1. The van der Waals surface area contributed by atoms with Crippen molar-refractivity contribution in [2.75, 3.05) is 6.61 Å². The van der Waals surface area contributed by atoms with E-state index in [1.807, 2.05) is 87.5 Å². The lowest BCUT2D eigenvalue weighted by Gasteiger charge is -2.55. The van der Waals surface area contributed by atoms with Crippen molar-refractivity contribution < 1.29 is 50.8 Å². The number of aliphatic hydroxyl groups is 7. The van der Waals surface area contributed by atoms with E-state index in [0.717, 1.165) is 71.1 Å². The lowest BCUT2D eigenvalue weighted by Crippen LogP contribution is -2.68. The minimum Gasteiger partial charge on any atom is -0.508 e. The molecule has 3 aromatic rings. The fourth-order valence-electron chi connectivity index (χ4n) is 13.5. The van der Waals surface area contributed by atoms with E-state index < -0.39 is 84.1 Å². The number of unbranched alkanes of at least 4 members (excludes halogenated alkanes) is 1. The van der Waals surface area contributed by atoms with Crippen LogP contribution in [-0.4, -0.2) is 118 Å². The molecule has 1 saturated heterocycles. The van der Waals surface area contributed by atoms with Crippen molar-refractivity contribution in [2.24, 2.45) is 23.7 Å². The molecule has 4 heterocycles. The highest BCUT2D eigenvalue weighted by Gasteiger charge is 2.56. The van der Waals surface area contributed by atoms with Crippen molar-refractivity contribution in [2.45, 2.75) is 209 Å². The van der Waals surface area contributed by atoms with Gasteiger partial charge in [-0.3, -0.25) is 4.79 Å². The SMILES string of the molecule is CCCC[C@H](O)[C@H](O)/C=C/C1=C(\C[C@H](O)CO)[C@H]2CC[C@@H](O)[C@@H]3N[C@H](C)CC[C@H]([C@H]3CC(=O)O)[C@H](O)Cc3ccc(cc3)C[C@@]([C@@](C)(O)[C@H]3c4ccc(O)cc4CC[C@H]3CC(C)C)(CC#Cc3ccccc3CC1)N2. The number of nitrogens with one attached hydrogen (secondary N) is 2. The molecule has 12 nitrogen and oxygen atoms in total. The molecule has 11 N–H and O–H groups in total. The number of phenols is 1. The standard InChI is InChI=1S/C63H88N2O10/c1-6-7-14-55(69)56(70)29-24-45-21-20-44-12-9-8-11-43(44)13-10-31-63(62(5,75)60-47(32-39(2)3)23-22-46-34-48(67)25-27-50(46)60)37-42-18-16-41(17-19-42)33-58(72)51-26-15-40(4)64-61(53(51)36-59(73)74)57(71)30-28-54(65-63)52(45)35-49(68)38-66/h8-9,11-12,16-19,24-25,27,29,34,39-40,47,49,51,53-58,60-61,64-72,75H,6-7,14-15,20-23,26,28,30-33,35-38H2,1-5H3,(H,73,74)/b29-24+,52-45+/t40-,47+,49+,51-,53-,54-,55+,56-,57-,58-,60-,61-,62+,63-/m1/s1. The van der Waals surface area contributed by atoms with Crippen LogP contribution in [0.5, 0.6) is 5.75 Å². The monoisotopic (exact) mass is 1030 g/mol. The molecule has 0 spiro atoms. The van der Waals surface area contributed by atoms with E-state index in [-0.39, 0.29) is 62.7 Å². The number of rotatable bonds is 15. The Kier molecular flexibility index (Phi) is 20.4. The Morgan fingerprint density at radius 3 is 2.39 bits per heavy atom. The minimum atomic E-state index is -1.62. The Morgan fingerprint density at radius 2 is 1.67 bits per heavy atom. The molecule has 0 radical (unpaired) electrons. The first-order valence-electron chi connectivity index (χ1n) is 28.2. The smallest absolute Gasteiger partial charge is 0.303 e. The summed E-state index contributed by atoms with van der Waals surface area (Å²) < 4.78 is 0. The van der Waals surface area contributed by atoms with Crippen LogP contribution in [0.2, 0.25) is 0 Å². The highest BCUT2D eigenvalue weighted by Crippen LogP contribution is 2.52. The van der Waals surface area contributed by atoms with E-state index >= 15 is 0 Å². The average Bonchev–Trinajstić information content (AvgIpc) is 3.55. The van der Waals surface area contributed by atoms with Gasteiger partial charge in [-0.1, -0.05) is 106 Å². The number of benzene rings is 3. The van der Waals surface area contributed by atoms with Gasteiger partial charge in [-0.25, -0.2) is 0 Å². The number of carbonyl (C=O) groups is 1. The highest BCUT2D eigenvalue weighted by molar-refractivity contribution is 5.67. The molecule has 0 amide bonds. The number of carboxylic acid groups (broad SMARTS) is 1. The van der Waals surface area contributed by atoms with E-state index in [4.69, 9.17) is 0 Å². The van der Waals surface area contributed by atoms with Gasteiger partial charge in [0.25, 0.3) is 0 Å². The van der Waals surface area contributed by atoms with Crippen LogP contribution in [0.1, 0.15) is 157 Å². The zero-order valence-electron chi connectivity index (χ0n) is 45.2. The molecule has 0 aromatic heterocycles. The number of aromatic hydroxyl groups is 1. The van der Waals surface area contributed by atoms with Gasteiger partial charge in [0.05, 0.1) is 54.7 Å². The van der Waals surface area contributed by atoms with Crippen molar-refractivity contribution in [3.05, 3.63) is 123 Å². The number of fused-ring (bicyclic) bond motifs is 7. The van der Waals surface area contributed by atoms with Crippen molar-refractivity contribution in [3.63, 3.8) is 0 Å². The van der Waals surface area contributed by atoms with Gasteiger partial charge in [-0.05, 0) is 178 Å². The van der Waals surface area contributed by atoms with E-state index in [1.165, 1.54) is 0 Å². The summed E-state index contributed by atoms with van der Waals surface area (Å²) in [5.41, 5.74) is 4.01. The second kappa shape index (κ2) is 26.3. The van der Waals surface area contributed by atoms with Gasteiger partial charge in [-0.2, -0.15) is 0 Å². The molecule has 5 aliphatic rings. The van der Waals surface area contributed by atoms with Gasteiger partial charge in [0.2, 0.25) is 0 Å². The minimum absolute atomic E-state index is 0.0144. The summed E-state index contributed by atoms with van der Waals surface area (Å²) in [7, 11) is 0. The van der Waals surface area contributed by atoms with Gasteiger partial charge in [0, 0.05) is 36.0 Å². The Hall–Kier alpha value is -4.39. The molecule has 0 saturated carbocycles. The number of hydrogen-bond donors (Lipinski definition) is 11. The maximum atomic E-state index is 14.5. The van der Waals surface area contributed by atoms with Crippen LogP contribution in [-0.2, 0) is 30.5 Å². The Morgan fingerprint density at radius 1 is 0.920 bits per heavy atom. The molecule has 4 aliphatic heterocycles. The number of aryl methyl sites for hydroxylation is 2. The van der Waals surface area contributed by atoms with Crippen molar-refractivity contribution >= 4 is 5.97 Å². The molecule has 8 rings (SSSR count). The zero-order valence-corrected chi connectivity index (χ0v) is 45.2. The Labute approximate surface area is 446 Å². The fourth-order valence-corrected chi connectivity index (χ4v) is 13.5. The largest absolute Gasteiger partial charge is 0.508 e. The summed E-state index contributed by atoms with van der Waals surface area (Å²) in [5.74, 6) is 5.09. The quantitative estimate of drug-likeness (QED) is 0.0664. The average molecular weight is 1030 g/mol. The van der Waals surface area contributed by atoms with E-state index in [1.54, 1.807) is 12.1 Å². The maximum absolute atomic E-state index is 14.5. The second-order valence-electron chi connectivity index (χ2n) is 23.5. The van der Waals surface area contributed by atoms with Crippen LogP contribution in [0.3, 0.4) is 0 Å². The van der Waals surface area contributed by atoms with Crippen molar-refractivity contribution in [1.82, 2.24) is 10.6 Å². The van der Waals surface area contributed by atoms with Gasteiger partial charge < -0.3 is 56.6 Å². The third-order valence-corrected chi connectivity index (χ3v) is 17.5. The summed E-state index contributed by atoms with van der Waals surface area (Å²) in [6, 6.07) is 20.0. The van der Waals surface area contributed by atoms with E-state index in [2.05, 4.69) is 36.3 Å². The maximum Gasteiger partial charge on any atom is 0.303 e. The predicted octanol–water partition coefficient (Wildman–Crippen LogP) is 7.58. The van der Waals surface area contributed by atoms with Crippen molar-refractivity contribution in [1.29, 1.82) is 0 Å². The summed E-state index contributed by atoms with van der Waals surface area (Å²) in [6.45, 7) is 9.82. The Balaban J connectivity index is 1.54. The van der Waals surface area contributed by atoms with Crippen LogP contribution in [0, 0.1) is 35.5 Å². The first-order valence-corrected chi connectivity index (χ1v) is 28.2. The third kappa shape index (κ3) is 14.4. The van der Waals surface area contributed by atoms with Crippen LogP contribution in [0.4, 0.5) is 0 Å². The topological polar surface area (TPSA) is 223 Å². The lowest BCUT2D eigenvalue weighted by atomic mass is 9.58. The molecule has 14 atom stereocenters. The number of aliphatic hydroxyl groups excluding tert-OH is 6. The number of allylic oxidation sites excluding steroid dienone is 2. The second-order valence-corrected chi connectivity index (χ2v) is 23.5. The number of phenolic OH excluding ortho intramolecular Hbond substituents is 1. The predicted molar refractivity (Wildman–Crippen MR) is 294 cm³/mol. The zero-order chi connectivity index (χ0) is 54.0.